The number of carboxylic acid groups (broad SMARTS) is 1. The van der Waals surface area contributed by atoms with Crippen molar-refractivity contribution >= 4 is 23.7 Å². The van der Waals surface area contributed by atoms with Crippen LogP contribution in [0.25, 0.3) is 0 Å². The van der Waals surface area contributed by atoms with Gasteiger partial charge in [0.2, 0.25) is 0 Å². The lowest BCUT2D eigenvalue weighted by atomic mass is 9.99. The quantitative estimate of drug-likeness (QED) is 0.714. The van der Waals surface area contributed by atoms with Crippen molar-refractivity contribution in [1.29, 1.82) is 0 Å². The van der Waals surface area contributed by atoms with Gasteiger partial charge in [0, 0.05) is 18.8 Å². The lowest BCUT2D eigenvalue weighted by Gasteiger charge is -2.28. The first-order chi connectivity index (χ1) is 11.0. The fraction of sp³-hybridized carbons (Fsp3) is 0.438. The van der Waals surface area contributed by atoms with Crippen LogP contribution in [0.4, 0.5) is 10.5 Å². The molecular weight excluding hydrogens is 300 g/mol. The summed E-state index contributed by atoms with van der Waals surface area (Å²) in [4.78, 5) is 33.4. The normalized spacial score (nSPS) is 17.1. The van der Waals surface area contributed by atoms with Gasteiger partial charge in [-0.15, -0.1) is 0 Å². The van der Waals surface area contributed by atoms with Gasteiger partial charge in [0.25, 0.3) is 0 Å². The average molecular weight is 320 g/mol. The molecule has 1 aromatic carbocycles. The Hall–Kier alpha value is -2.57. The fourth-order valence-corrected chi connectivity index (χ4v) is 2.33. The summed E-state index contributed by atoms with van der Waals surface area (Å²) in [5, 5.41) is 11.0. The SMILES string of the molecule is CC1CCN(C(=O)C(=O)O)CC1.O=C1Nc2ccc(cc2)CO1. The van der Waals surface area contributed by atoms with Crippen LogP contribution in [0.15, 0.2) is 24.3 Å². The van der Waals surface area contributed by atoms with E-state index in [1.165, 1.54) is 4.90 Å². The summed E-state index contributed by atoms with van der Waals surface area (Å²) in [5.41, 5.74) is 1.79. The Balaban J connectivity index is 0.000000167. The molecule has 1 saturated heterocycles. The third-order valence-electron chi connectivity index (χ3n) is 3.82. The van der Waals surface area contributed by atoms with E-state index in [0.29, 0.717) is 25.6 Å². The maximum absolute atomic E-state index is 10.9. The molecule has 3 heterocycles. The van der Waals surface area contributed by atoms with Crippen LogP contribution in [-0.2, 0) is 20.9 Å². The van der Waals surface area contributed by atoms with Gasteiger partial charge in [-0.1, -0.05) is 19.1 Å². The molecule has 4 rings (SSSR count). The number of anilines is 1. The monoisotopic (exact) mass is 320 g/mol. The zero-order chi connectivity index (χ0) is 16.8. The van der Waals surface area contributed by atoms with Crippen molar-refractivity contribution in [2.75, 3.05) is 18.4 Å². The van der Waals surface area contributed by atoms with E-state index in [4.69, 9.17) is 9.84 Å². The first-order valence-corrected chi connectivity index (χ1v) is 7.50. The van der Waals surface area contributed by atoms with Crippen LogP contribution in [0, 0.1) is 5.92 Å². The first-order valence-electron chi connectivity index (χ1n) is 7.50. The third kappa shape index (κ3) is 4.98. The number of likely N-dealkylation sites (tertiary alicyclic amines) is 1. The summed E-state index contributed by atoms with van der Waals surface area (Å²) < 4.78 is 4.81. The smallest absolute Gasteiger partial charge is 0.411 e. The zero-order valence-electron chi connectivity index (χ0n) is 12.9. The lowest BCUT2D eigenvalue weighted by molar-refractivity contribution is -0.156. The van der Waals surface area contributed by atoms with Gasteiger partial charge in [-0.05, 0) is 36.5 Å². The summed E-state index contributed by atoms with van der Waals surface area (Å²) >= 11 is 0. The van der Waals surface area contributed by atoms with Crippen LogP contribution in [-0.4, -0.2) is 41.1 Å². The molecule has 0 atom stereocenters. The third-order valence-corrected chi connectivity index (χ3v) is 3.82. The minimum Gasteiger partial charge on any atom is -0.474 e. The molecule has 7 heteroatoms. The number of hydrogen-bond acceptors (Lipinski definition) is 4. The van der Waals surface area contributed by atoms with Gasteiger partial charge in [-0.3, -0.25) is 10.1 Å². The van der Waals surface area contributed by atoms with E-state index in [1.54, 1.807) is 0 Å². The average Bonchev–Trinajstić information content (AvgIpc) is 2.52. The van der Waals surface area contributed by atoms with Crippen LogP contribution in [0.5, 0.6) is 0 Å². The highest BCUT2D eigenvalue weighted by molar-refractivity contribution is 6.31. The molecule has 2 amide bonds. The van der Waals surface area contributed by atoms with Gasteiger partial charge in [0.1, 0.15) is 6.61 Å². The van der Waals surface area contributed by atoms with Crippen molar-refractivity contribution in [3.63, 3.8) is 0 Å². The predicted octanol–water partition coefficient (Wildman–Crippen LogP) is 2.08. The number of ether oxygens (including phenoxy) is 1. The summed E-state index contributed by atoms with van der Waals surface area (Å²) in [6.07, 6.45) is 1.45. The maximum atomic E-state index is 10.9. The van der Waals surface area contributed by atoms with E-state index in [2.05, 4.69) is 12.2 Å². The Labute approximate surface area is 134 Å². The number of nitrogens with zero attached hydrogens (tertiary/aromatic N) is 1. The molecule has 1 aromatic rings. The second-order valence-corrected chi connectivity index (χ2v) is 5.68. The van der Waals surface area contributed by atoms with Gasteiger partial charge < -0.3 is 14.7 Å². The molecule has 3 aliphatic heterocycles. The molecular formula is C16H20N2O5. The van der Waals surface area contributed by atoms with Gasteiger partial charge in [-0.25, -0.2) is 9.59 Å². The Morgan fingerprint density at radius 1 is 1.22 bits per heavy atom. The van der Waals surface area contributed by atoms with Crippen LogP contribution in [0.2, 0.25) is 0 Å². The molecule has 1 fully saturated rings. The summed E-state index contributed by atoms with van der Waals surface area (Å²) in [5.74, 6) is -1.49. The van der Waals surface area contributed by atoms with E-state index in [-0.39, 0.29) is 6.09 Å². The van der Waals surface area contributed by atoms with E-state index < -0.39 is 11.9 Å². The maximum Gasteiger partial charge on any atom is 0.411 e. The highest BCUT2D eigenvalue weighted by atomic mass is 16.5. The van der Waals surface area contributed by atoms with Crippen LogP contribution in [0.3, 0.4) is 0 Å². The molecule has 0 aliphatic carbocycles. The molecule has 2 N–H and O–H groups in total. The van der Waals surface area contributed by atoms with Crippen molar-refractivity contribution in [3.05, 3.63) is 29.8 Å². The number of carboxylic acids is 1. The number of amides is 2. The van der Waals surface area contributed by atoms with E-state index >= 15 is 0 Å². The topological polar surface area (TPSA) is 95.9 Å². The number of nitrogens with one attached hydrogen (secondary N) is 1. The summed E-state index contributed by atoms with van der Waals surface area (Å²) in [7, 11) is 0. The Kier molecular flexibility index (Phi) is 5.56. The molecule has 0 unspecified atom stereocenters. The molecule has 124 valence electrons. The number of fused-ring (bicyclic) bond motifs is 5. The van der Waals surface area contributed by atoms with Crippen molar-refractivity contribution < 1.29 is 24.2 Å². The molecule has 23 heavy (non-hydrogen) atoms. The van der Waals surface area contributed by atoms with Crippen molar-refractivity contribution in [2.24, 2.45) is 5.92 Å². The van der Waals surface area contributed by atoms with E-state index in [9.17, 15) is 14.4 Å². The van der Waals surface area contributed by atoms with Crippen molar-refractivity contribution in [2.45, 2.75) is 26.4 Å². The molecule has 3 aliphatic rings. The number of rotatable bonds is 0. The number of carbonyl (C=O) groups is 3. The highest BCUT2D eigenvalue weighted by Crippen LogP contribution is 2.16. The Morgan fingerprint density at radius 2 is 1.83 bits per heavy atom. The van der Waals surface area contributed by atoms with Crippen molar-refractivity contribution in [1.82, 2.24) is 4.90 Å². The number of hydrogen-bond donors (Lipinski definition) is 2. The standard InChI is InChI=1S/C8H13NO3.C8H7NO2/c1-6-2-4-9(5-3-6)7(10)8(11)12;10-8-9-7-3-1-6(2-4-7)5-11-8/h6H,2-5H2,1H3,(H,11,12);1-4H,5H2,(H,9,10). The zero-order valence-corrected chi connectivity index (χ0v) is 12.9. The predicted molar refractivity (Wildman–Crippen MR) is 82.9 cm³/mol. The van der Waals surface area contributed by atoms with Crippen LogP contribution >= 0.6 is 0 Å². The molecule has 0 saturated carbocycles. The molecule has 0 spiro atoms. The Bertz CT molecular complexity index is 577. The van der Waals surface area contributed by atoms with Crippen molar-refractivity contribution in [3.8, 4) is 0 Å². The Morgan fingerprint density at radius 3 is 2.39 bits per heavy atom. The van der Waals surface area contributed by atoms with E-state index in [0.717, 1.165) is 24.1 Å². The van der Waals surface area contributed by atoms with Crippen LogP contribution < -0.4 is 5.32 Å². The van der Waals surface area contributed by atoms with E-state index in [1.807, 2.05) is 24.3 Å². The van der Waals surface area contributed by atoms with Gasteiger partial charge >= 0.3 is 18.0 Å². The van der Waals surface area contributed by atoms with Gasteiger partial charge in [-0.2, -0.15) is 0 Å². The molecule has 7 nitrogen and oxygen atoms in total. The number of piperidine rings is 1. The number of carbonyl (C=O) groups excluding carboxylic acids is 2. The second kappa shape index (κ2) is 7.62. The summed E-state index contributed by atoms with van der Waals surface area (Å²) in [6, 6.07) is 7.56. The largest absolute Gasteiger partial charge is 0.474 e. The molecule has 0 aromatic heterocycles. The fourth-order valence-electron chi connectivity index (χ4n) is 2.33. The van der Waals surface area contributed by atoms with Gasteiger partial charge in [0.05, 0.1) is 0 Å². The molecule has 0 radical (unpaired) electrons. The summed E-state index contributed by atoms with van der Waals surface area (Å²) in [6.45, 7) is 3.65. The second-order valence-electron chi connectivity index (χ2n) is 5.68. The number of aliphatic carboxylic acids is 1. The van der Waals surface area contributed by atoms with Crippen LogP contribution in [0.1, 0.15) is 25.3 Å². The first kappa shape index (κ1) is 16.8. The number of benzene rings is 1. The minimum atomic E-state index is -1.34. The lowest BCUT2D eigenvalue weighted by Crippen LogP contribution is -2.41. The minimum absolute atomic E-state index is 0.353. The highest BCUT2D eigenvalue weighted by Gasteiger charge is 2.24. The van der Waals surface area contributed by atoms with Gasteiger partial charge in [0.15, 0.2) is 0 Å². The molecule has 2 bridgehead atoms.